The van der Waals surface area contributed by atoms with Crippen molar-refractivity contribution in [1.29, 1.82) is 0 Å². The number of carbonyl (C=O) groups is 2. The largest absolute Gasteiger partial charge is 0.365 e. The van der Waals surface area contributed by atoms with Gasteiger partial charge in [-0.15, -0.1) is 0 Å². The number of nitrogens with zero attached hydrogens (tertiary/aromatic N) is 1. The Morgan fingerprint density at radius 3 is 1.77 bits per heavy atom. The Hall–Kier alpha value is -2.81. The van der Waals surface area contributed by atoms with Gasteiger partial charge in [-0.25, -0.2) is 0 Å². The Bertz CT molecular complexity index is 1410. The van der Waals surface area contributed by atoms with Gasteiger partial charge in [0.15, 0.2) is 11.6 Å². The number of rotatable bonds is 2. The number of pyridine rings is 1. The highest BCUT2D eigenvalue weighted by Gasteiger charge is 2.75. The van der Waals surface area contributed by atoms with E-state index in [4.69, 9.17) is 0 Å². The number of aromatic nitrogens is 1. The van der Waals surface area contributed by atoms with Crippen LogP contribution in [0, 0.1) is 0 Å². The van der Waals surface area contributed by atoms with Crippen LogP contribution in [0.3, 0.4) is 0 Å². The van der Waals surface area contributed by atoms with Gasteiger partial charge in [-0.1, -0.05) is 30.3 Å². The summed E-state index contributed by atoms with van der Waals surface area (Å²) < 4.78 is 68.3. The zero-order valence-corrected chi connectivity index (χ0v) is 16.2. The van der Waals surface area contributed by atoms with Crippen LogP contribution in [0.4, 0.5) is 0 Å². The maximum absolute atomic E-state index is 13.1. The van der Waals surface area contributed by atoms with Crippen molar-refractivity contribution in [2.75, 3.05) is 0 Å². The van der Waals surface area contributed by atoms with Gasteiger partial charge in [0.1, 0.15) is 5.69 Å². The van der Waals surface area contributed by atoms with Crippen molar-refractivity contribution in [2.24, 2.45) is 0 Å². The molecule has 2 aliphatic carbocycles. The van der Waals surface area contributed by atoms with E-state index in [0.29, 0.717) is 0 Å². The lowest BCUT2D eigenvalue weighted by Gasteiger charge is -2.44. The van der Waals surface area contributed by atoms with Crippen LogP contribution in [-0.2, 0) is 25.2 Å². The normalized spacial score (nSPS) is 26.1. The number of aliphatic hydroxyl groups is 2. The molecule has 2 unspecified atom stereocenters. The number of carbonyl (C=O) groups excluding carboxylic acids is 2. The van der Waals surface area contributed by atoms with Crippen molar-refractivity contribution in [2.45, 2.75) is 9.87 Å². The third-order valence-corrected chi connectivity index (χ3v) is 7.67. The van der Waals surface area contributed by atoms with Crippen LogP contribution in [-0.4, -0.2) is 57.6 Å². The number of hydrogen-bond acceptors (Lipinski definition) is 9. The quantitative estimate of drug-likeness (QED) is 0.429. The molecule has 2 atom stereocenters. The summed E-state index contributed by atoms with van der Waals surface area (Å²) in [4.78, 5) is 21.2. The fourth-order valence-electron chi connectivity index (χ4n) is 3.76. The van der Waals surface area contributed by atoms with Crippen LogP contribution < -0.4 is 0 Å². The molecule has 0 fully saturated rings. The van der Waals surface area contributed by atoms with Crippen molar-refractivity contribution >= 4 is 37.4 Å². The monoisotopic (exact) mass is 453 g/mol. The molecular weight excluding hydrogens is 442 g/mol. The molecule has 0 aliphatic heterocycles. The molecule has 0 spiro atoms. The van der Waals surface area contributed by atoms with Gasteiger partial charge < -0.3 is 10.2 Å². The molecule has 1 heterocycles. The second-order valence-electron chi connectivity index (χ2n) is 6.59. The van der Waals surface area contributed by atoms with Gasteiger partial charge in [0, 0.05) is 28.5 Å². The minimum Gasteiger partial charge on any atom is -0.365 e. The topological polar surface area (TPSA) is 196 Å². The molecule has 11 nitrogen and oxygen atoms in total. The zero-order chi connectivity index (χ0) is 22.3. The second-order valence-corrected chi connectivity index (χ2v) is 9.67. The third-order valence-electron chi connectivity index (χ3n) is 5.06. The van der Waals surface area contributed by atoms with Crippen molar-refractivity contribution in [3.8, 4) is 0 Å². The van der Waals surface area contributed by atoms with E-state index in [0.717, 1.165) is 18.3 Å². The SMILES string of the molecule is O=C1C2=C(C(=O)c3ccccc31)C(O)(S(=O)(=O)O)C(O)(S(=O)(=O)O)c1ncccc12. The molecule has 2 aromatic rings. The molecule has 4 N–H and O–H groups in total. The van der Waals surface area contributed by atoms with Crippen LogP contribution in [0.5, 0.6) is 0 Å². The summed E-state index contributed by atoms with van der Waals surface area (Å²) >= 11 is 0. The van der Waals surface area contributed by atoms with Crippen LogP contribution in [0.2, 0.25) is 0 Å². The molecule has 0 saturated carbocycles. The first-order valence-electron chi connectivity index (χ1n) is 8.06. The highest BCUT2D eigenvalue weighted by Crippen LogP contribution is 2.54. The van der Waals surface area contributed by atoms with Gasteiger partial charge in [-0.05, 0) is 6.07 Å². The minimum absolute atomic E-state index is 0.189. The molecule has 4 rings (SSSR count). The summed E-state index contributed by atoms with van der Waals surface area (Å²) in [7, 11) is -12.1. The molecular formula is C17H11NO10S2. The van der Waals surface area contributed by atoms with E-state index in [1.165, 1.54) is 24.3 Å². The first-order chi connectivity index (χ1) is 13.8. The zero-order valence-electron chi connectivity index (χ0n) is 14.5. The van der Waals surface area contributed by atoms with Gasteiger partial charge in [0.25, 0.3) is 9.87 Å². The molecule has 13 heteroatoms. The van der Waals surface area contributed by atoms with Gasteiger partial charge in [-0.2, -0.15) is 16.8 Å². The summed E-state index contributed by atoms with van der Waals surface area (Å²) in [5.74, 6) is -2.34. The van der Waals surface area contributed by atoms with Crippen LogP contribution >= 0.6 is 0 Å². The lowest BCUT2D eigenvalue weighted by Crippen LogP contribution is -2.65. The van der Waals surface area contributed by atoms with Crippen molar-refractivity contribution in [1.82, 2.24) is 4.98 Å². The number of Topliss-reactive ketones (excluding diaryl/α,β-unsaturated/α-hetero) is 2. The molecule has 1 aromatic heterocycles. The summed E-state index contributed by atoms with van der Waals surface area (Å²) in [6, 6.07) is 7.29. The summed E-state index contributed by atoms with van der Waals surface area (Å²) in [6.07, 6.45) is 0.883. The Morgan fingerprint density at radius 2 is 1.23 bits per heavy atom. The summed E-state index contributed by atoms with van der Waals surface area (Å²) in [6.45, 7) is 0. The van der Waals surface area contributed by atoms with E-state index in [9.17, 15) is 45.7 Å². The van der Waals surface area contributed by atoms with E-state index in [-0.39, 0.29) is 5.56 Å². The smallest absolute Gasteiger partial charge is 0.305 e. The van der Waals surface area contributed by atoms with E-state index < -0.39 is 69.6 Å². The Labute approximate surface area is 168 Å². The highest BCUT2D eigenvalue weighted by molar-refractivity contribution is 7.91. The van der Waals surface area contributed by atoms with Gasteiger partial charge in [0.05, 0.1) is 5.57 Å². The summed E-state index contributed by atoms with van der Waals surface area (Å²) in [5, 5.41) is 21.9. The van der Waals surface area contributed by atoms with E-state index in [1.807, 2.05) is 0 Å². The maximum Gasteiger partial charge on any atom is 0.305 e. The average molecular weight is 453 g/mol. The molecule has 156 valence electrons. The standard InChI is InChI=1S/C17H11NO10S2/c19-13-8-4-1-2-5-9(8)14(20)12-11(13)10-6-3-7-18-15(10)17(22,30(26,27)28)16(12,21)29(23,24)25/h1-7,21-22H,(H,23,24,25)(H,26,27,28). The average Bonchev–Trinajstić information content (AvgIpc) is 2.67. The lowest BCUT2D eigenvalue weighted by molar-refractivity contribution is -0.0398. The van der Waals surface area contributed by atoms with Crippen LogP contribution in [0.15, 0.2) is 48.2 Å². The fourth-order valence-corrected chi connectivity index (χ4v) is 6.15. The molecule has 1 aromatic carbocycles. The number of allylic oxidation sites excluding steroid dienone is 1. The lowest BCUT2D eigenvalue weighted by atomic mass is 9.73. The number of ketones is 2. The Kier molecular flexibility index (Phi) is 4.01. The molecule has 0 bridgehead atoms. The number of hydrogen-bond donors (Lipinski definition) is 4. The van der Waals surface area contributed by atoms with E-state index in [2.05, 4.69) is 4.98 Å². The molecule has 0 amide bonds. The summed E-state index contributed by atoms with van der Waals surface area (Å²) in [5.41, 5.74) is -4.48. The van der Waals surface area contributed by atoms with Crippen LogP contribution in [0.25, 0.3) is 5.57 Å². The molecule has 2 aliphatic rings. The van der Waals surface area contributed by atoms with Crippen LogP contribution in [0.1, 0.15) is 32.0 Å². The fraction of sp³-hybridized carbons (Fsp3) is 0.118. The van der Waals surface area contributed by atoms with Gasteiger partial charge in [-0.3, -0.25) is 23.7 Å². The van der Waals surface area contributed by atoms with Crippen molar-refractivity contribution in [3.05, 3.63) is 70.6 Å². The van der Waals surface area contributed by atoms with Gasteiger partial charge >= 0.3 is 20.2 Å². The van der Waals surface area contributed by atoms with Gasteiger partial charge in [0.2, 0.25) is 0 Å². The Balaban J connectivity index is 2.30. The highest BCUT2D eigenvalue weighted by atomic mass is 32.2. The Morgan fingerprint density at radius 1 is 0.733 bits per heavy atom. The predicted molar refractivity (Wildman–Crippen MR) is 98.2 cm³/mol. The number of fused-ring (bicyclic) bond motifs is 3. The van der Waals surface area contributed by atoms with Crippen molar-refractivity contribution < 1.29 is 45.7 Å². The first kappa shape index (κ1) is 20.5. The van der Waals surface area contributed by atoms with Crippen molar-refractivity contribution in [3.63, 3.8) is 0 Å². The van der Waals surface area contributed by atoms with E-state index in [1.54, 1.807) is 0 Å². The second kappa shape index (κ2) is 5.87. The molecule has 0 radical (unpaired) electrons. The molecule has 0 saturated heterocycles. The maximum atomic E-state index is 13.1. The molecule has 30 heavy (non-hydrogen) atoms. The first-order valence-corrected chi connectivity index (χ1v) is 10.9. The minimum atomic E-state index is -6.09. The van der Waals surface area contributed by atoms with E-state index >= 15 is 0 Å². The predicted octanol–water partition coefficient (Wildman–Crippen LogP) is -0.463. The third kappa shape index (κ3) is 2.18. The number of benzene rings is 1.